The van der Waals surface area contributed by atoms with Gasteiger partial charge in [-0.05, 0) is 24.8 Å². The number of nitrogens with zero attached hydrogens (tertiary/aromatic N) is 3. The molecule has 0 aromatic carbocycles. The predicted molar refractivity (Wildman–Crippen MR) is 76.5 cm³/mol. The number of ether oxygens (including phenoxy) is 1. The van der Waals surface area contributed by atoms with Crippen LogP contribution >= 0.6 is 0 Å². The van der Waals surface area contributed by atoms with Crippen LogP contribution in [0.5, 0.6) is 5.88 Å². The first-order valence-electron chi connectivity index (χ1n) is 7.01. The molecular weight excluding hydrogens is 252 g/mol. The van der Waals surface area contributed by atoms with Gasteiger partial charge in [-0.25, -0.2) is 4.98 Å². The van der Waals surface area contributed by atoms with E-state index in [0.29, 0.717) is 11.9 Å². The number of hydrogen-bond acceptors (Lipinski definition) is 4. The summed E-state index contributed by atoms with van der Waals surface area (Å²) in [4.78, 5) is 4.23. The van der Waals surface area contributed by atoms with Crippen LogP contribution in [-0.2, 0) is 20.0 Å². The minimum absolute atomic E-state index is 0.398. The highest BCUT2D eigenvalue weighted by atomic mass is 16.5. The molecule has 0 spiro atoms. The fourth-order valence-electron chi connectivity index (χ4n) is 2.80. The van der Waals surface area contributed by atoms with Crippen LogP contribution in [0.4, 0.5) is 0 Å². The molecule has 2 heterocycles. The first-order valence-corrected chi connectivity index (χ1v) is 7.01. The number of fused-ring (bicyclic) bond motifs is 1. The molecule has 106 valence electrons. The molecule has 2 aromatic rings. The van der Waals surface area contributed by atoms with Crippen LogP contribution < -0.4 is 10.1 Å². The molecule has 5 heteroatoms. The lowest BCUT2D eigenvalue weighted by atomic mass is 9.93. The van der Waals surface area contributed by atoms with Crippen LogP contribution in [-0.4, -0.2) is 21.9 Å². The highest BCUT2D eigenvalue weighted by Crippen LogP contribution is 2.29. The van der Waals surface area contributed by atoms with Crippen molar-refractivity contribution in [2.24, 2.45) is 7.05 Å². The zero-order valence-corrected chi connectivity index (χ0v) is 12.0. The molecule has 2 aromatic heterocycles. The number of methoxy groups -OCH3 is 1. The van der Waals surface area contributed by atoms with Gasteiger partial charge in [0.1, 0.15) is 0 Å². The largest absolute Gasteiger partial charge is 0.481 e. The Bertz CT molecular complexity index is 576. The maximum Gasteiger partial charge on any atom is 0.212 e. The highest BCUT2D eigenvalue weighted by Gasteiger charge is 2.22. The van der Waals surface area contributed by atoms with Crippen molar-refractivity contribution in [3.8, 4) is 5.88 Å². The summed E-state index contributed by atoms with van der Waals surface area (Å²) in [5, 5.41) is 7.98. The maximum absolute atomic E-state index is 5.07. The molecule has 0 radical (unpaired) electrons. The molecule has 0 amide bonds. The summed E-state index contributed by atoms with van der Waals surface area (Å²) in [7, 11) is 3.65. The van der Waals surface area contributed by atoms with Crippen LogP contribution in [0.3, 0.4) is 0 Å². The van der Waals surface area contributed by atoms with Gasteiger partial charge >= 0.3 is 0 Å². The summed E-state index contributed by atoms with van der Waals surface area (Å²) in [5.74, 6) is 0.654. The fourth-order valence-corrected chi connectivity index (χ4v) is 2.80. The number of pyridine rings is 1. The third-order valence-corrected chi connectivity index (χ3v) is 3.93. The van der Waals surface area contributed by atoms with Crippen molar-refractivity contribution in [2.75, 3.05) is 7.11 Å². The van der Waals surface area contributed by atoms with Crippen molar-refractivity contribution in [1.82, 2.24) is 20.1 Å². The molecule has 20 heavy (non-hydrogen) atoms. The quantitative estimate of drug-likeness (QED) is 0.925. The van der Waals surface area contributed by atoms with Gasteiger partial charge in [0.15, 0.2) is 0 Å². The van der Waals surface area contributed by atoms with Gasteiger partial charge < -0.3 is 10.1 Å². The molecule has 0 saturated heterocycles. The summed E-state index contributed by atoms with van der Waals surface area (Å²) in [6.07, 6.45) is 7.37. The smallest absolute Gasteiger partial charge is 0.212 e. The van der Waals surface area contributed by atoms with E-state index in [-0.39, 0.29) is 0 Å². The molecule has 1 unspecified atom stereocenters. The average Bonchev–Trinajstić information content (AvgIpc) is 2.88. The van der Waals surface area contributed by atoms with Crippen molar-refractivity contribution in [1.29, 1.82) is 0 Å². The van der Waals surface area contributed by atoms with Crippen molar-refractivity contribution in [3.05, 3.63) is 41.3 Å². The van der Waals surface area contributed by atoms with Crippen molar-refractivity contribution in [2.45, 2.75) is 31.8 Å². The first-order chi connectivity index (χ1) is 9.78. The Labute approximate surface area is 119 Å². The SMILES string of the molecule is COc1ccc(CNC2CCCc3c2cnn3C)cn1. The van der Waals surface area contributed by atoms with Gasteiger partial charge in [-0.15, -0.1) is 0 Å². The molecule has 5 nitrogen and oxygen atoms in total. The number of aryl methyl sites for hydroxylation is 1. The van der Waals surface area contributed by atoms with Crippen LogP contribution in [0.15, 0.2) is 24.5 Å². The lowest BCUT2D eigenvalue weighted by molar-refractivity contribution is 0.397. The van der Waals surface area contributed by atoms with Crippen molar-refractivity contribution < 1.29 is 4.74 Å². The van der Waals surface area contributed by atoms with Gasteiger partial charge in [0.2, 0.25) is 5.88 Å². The predicted octanol–water partition coefficient (Wildman–Crippen LogP) is 1.99. The molecule has 0 fully saturated rings. The van der Waals surface area contributed by atoms with E-state index in [1.165, 1.54) is 29.7 Å². The zero-order chi connectivity index (χ0) is 13.9. The minimum atomic E-state index is 0.398. The second-order valence-corrected chi connectivity index (χ2v) is 5.20. The van der Waals surface area contributed by atoms with Crippen molar-refractivity contribution >= 4 is 0 Å². The Hall–Kier alpha value is -1.88. The summed E-state index contributed by atoms with van der Waals surface area (Å²) < 4.78 is 7.07. The second kappa shape index (κ2) is 5.63. The van der Waals surface area contributed by atoms with Gasteiger partial charge in [0.05, 0.1) is 13.3 Å². The van der Waals surface area contributed by atoms with Crippen LogP contribution in [0.25, 0.3) is 0 Å². The molecule has 0 saturated carbocycles. The van der Waals surface area contributed by atoms with Gasteiger partial charge in [0, 0.05) is 43.2 Å². The molecule has 1 aliphatic rings. The lowest BCUT2D eigenvalue weighted by Gasteiger charge is -2.24. The number of rotatable bonds is 4. The summed E-state index contributed by atoms with van der Waals surface area (Å²) in [6.45, 7) is 0.815. The topological polar surface area (TPSA) is 52.0 Å². The third kappa shape index (κ3) is 2.54. The molecule has 1 aliphatic carbocycles. The van der Waals surface area contributed by atoms with Gasteiger partial charge in [-0.2, -0.15) is 5.10 Å². The Kier molecular flexibility index (Phi) is 3.69. The van der Waals surface area contributed by atoms with E-state index in [9.17, 15) is 0 Å². The summed E-state index contributed by atoms with van der Waals surface area (Å²) in [5.41, 5.74) is 3.88. The number of hydrogen-bond donors (Lipinski definition) is 1. The van der Waals surface area contributed by atoms with E-state index >= 15 is 0 Å². The van der Waals surface area contributed by atoms with Crippen molar-refractivity contribution in [3.63, 3.8) is 0 Å². The van der Waals surface area contributed by atoms with E-state index in [2.05, 4.69) is 15.4 Å². The van der Waals surface area contributed by atoms with E-state index in [1.807, 2.05) is 36.3 Å². The Balaban J connectivity index is 1.66. The monoisotopic (exact) mass is 272 g/mol. The van der Waals surface area contributed by atoms with Gasteiger partial charge in [-0.3, -0.25) is 4.68 Å². The van der Waals surface area contributed by atoms with Gasteiger partial charge in [0.25, 0.3) is 0 Å². The summed E-state index contributed by atoms with van der Waals surface area (Å²) >= 11 is 0. The molecule has 0 aliphatic heterocycles. The summed E-state index contributed by atoms with van der Waals surface area (Å²) in [6, 6.07) is 4.34. The molecular formula is C15H20N4O. The Morgan fingerprint density at radius 1 is 1.40 bits per heavy atom. The van der Waals surface area contributed by atoms with E-state index in [0.717, 1.165) is 13.0 Å². The first kappa shape index (κ1) is 13.1. The lowest BCUT2D eigenvalue weighted by Crippen LogP contribution is -2.25. The van der Waals surface area contributed by atoms with E-state index in [1.54, 1.807) is 7.11 Å². The number of aromatic nitrogens is 3. The normalized spacial score (nSPS) is 17.8. The maximum atomic E-state index is 5.07. The molecule has 1 N–H and O–H groups in total. The van der Waals surface area contributed by atoms with E-state index < -0.39 is 0 Å². The third-order valence-electron chi connectivity index (χ3n) is 3.93. The Morgan fingerprint density at radius 2 is 2.30 bits per heavy atom. The van der Waals surface area contributed by atoms with Crippen LogP contribution in [0.1, 0.15) is 35.7 Å². The van der Waals surface area contributed by atoms with Crippen LogP contribution in [0.2, 0.25) is 0 Å². The fraction of sp³-hybridized carbons (Fsp3) is 0.467. The average molecular weight is 272 g/mol. The van der Waals surface area contributed by atoms with E-state index in [4.69, 9.17) is 4.74 Å². The standard InChI is InChI=1S/C15H20N4O/c1-19-14-5-3-4-13(12(14)10-18-19)16-8-11-6-7-15(20-2)17-9-11/h6-7,9-10,13,16H,3-5,8H2,1-2H3. The zero-order valence-electron chi connectivity index (χ0n) is 12.0. The molecule has 1 atom stereocenters. The Morgan fingerprint density at radius 3 is 3.05 bits per heavy atom. The molecule has 0 bridgehead atoms. The van der Waals surface area contributed by atoms with Gasteiger partial charge in [-0.1, -0.05) is 6.07 Å². The second-order valence-electron chi connectivity index (χ2n) is 5.20. The molecule has 3 rings (SSSR count). The van der Waals surface area contributed by atoms with Crippen LogP contribution in [0, 0.1) is 0 Å². The highest BCUT2D eigenvalue weighted by molar-refractivity contribution is 5.25. The number of nitrogens with one attached hydrogen (secondary N) is 1. The minimum Gasteiger partial charge on any atom is -0.481 e.